The maximum Gasteiger partial charge on any atom is 0.466 e. The zero-order valence-electron chi connectivity index (χ0n) is 8.56. The molecule has 9 heteroatoms. The largest absolute Gasteiger partial charge is 0.466 e. The highest BCUT2D eigenvalue weighted by molar-refractivity contribution is 7.45. The molecule has 0 bridgehead atoms. The molecular formula is C6H14N2O6P+. The third-order valence-electron chi connectivity index (χ3n) is 1.37. The van der Waals surface area contributed by atoms with Gasteiger partial charge in [-0.2, -0.15) is 0 Å². The minimum Gasteiger partial charge on any atom is -0.339 e. The molecule has 1 rings (SSSR count). The van der Waals surface area contributed by atoms with Gasteiger partial charge in [0.25, 0.3) is 0 Å². The summed E-state index contributed by atoms with van der Waals surface area (Å²) in [7, 11) is -1.43. The lowest BCUT2D eigenvalue weighted by atomic mass is 10.7. The summed E-state index contributed by atoms with van der Waals surface area (Å²) in [4.78, 5) is 31.4. The molecule has 3 N–H and O–H groups in total. The van der Waals surface area contributed by atoms with Crippen LogP contribution in [0, 0.1) is 6.92 Å². The number of imidazole rings is 1. The minimum atomic E-state index is -4.64. The van der Waals surface area contributed by atoms with E-state index in [2.05, 4.69) is 0 Å². The fraction of sp³-hybridized carbons (Fsp3) is 0.500. The van der Waals surface area contributed by atoms with Crippen molar-refractivity contribution in [3.8, 4) is 0 Å². The standard InChI is InChI=1S/C6H11N2O2.H3O4P/c1-6-7(9-2)4-5-8(6)10-3;1-5(2,3)4/h4-5H,1-3H3;(H3,1,2,3,4)/q+1;. The molecule has 8 nitrogen and oxygen atoms in total. The van der Waals surface area contributed by atoms with E-state index in [4.69, 9.17) is 28.9 Å². The van der Waals surface area contributed by atoms with Gasteiger partial charge < -0.3 is 24.4 Å². The van der Waals surface area contributed by atoms with Crippen molar-refractivity contribution in [3.05, 3.63) is 18.2 Å². The lowest BCUT2D eigenvalue weighted by Gasteiger charge is -1.93. The summed E-state index contributed by atoms with van der Waals surface area (Å²) >= 11 is 0. The van der Waals surface area contributed by atoms with Crippen molar-refractivity contribution in [2.75, 3.05) is 14.2 Å². The second kappa shape index (κ2) is 5.72. The first-order valence-electron chi connectivity index (χ1n) is 3.76. The Morgan fingerprint density at radius 3 is 2.07 bits per heavy atom. The van der Waals surface area contributed by atoms with Gasteiger partial charge in [-0.1, -0.05) is 0 Å². The van der Waals surface area contributed by atoms with Crippen LogP contribution in [-0.2, 0) is 4.57 Å². The van der Waals surface area contributed by atoms with E-state index in [0.717, 1.165) is 5.82 Å². The molecule has 15 heavy (non-hydrogen) atoms. The van der Waals surface area contributed by atoms with Crippen LogP contribution in [-0.4, -0.2) is 33.6 Å². The van der Waals surface area contributed by atoms with Gasteiger partial charge in [0.2, 0.25) is 0 Å². The highest BCUT2D eigenvalue weighted by Crippen LogP contribution is 2.25. The summed E-state index contributed by atoms with van der Waals surface area (Å²) in [5.41, 5.74) is 0. The maximum atomic E-state index is 8.88. The molecule has 0 fully saturated rings. The molecule has 0 aliphatic heterocycles. The molecule has 0 amide bonds. The molecule has 1 aromatic rings. The summed E-state index contributed by atoms with van der Waals surface area (Å²) in [6.07, 6.45) is 3.55. The van der Waals surface area contributed by atoms with E-state index >= 15 is 0 Å². The number of aromatic nitrogens is 2. The predicted octanol–water partition coefficient (Wildman–Crippen LogP) is -1.73. The topological polar surface area (TPSA) is 105 Å². The molecule has 0 unspecified atom stereocenters. The lowest BCUT2D eigenvalue weighted by Crippen LogP contribution is -2.42. The Labute approximate surface area is 86.4 Å². The third-order valence-corrected chi connectivity index (χ3v) is 1.37. The number of hydrogen-bond acceptors (Lipinski definition) is 3. The molecular weight excluding hydrogens is 227 g/mol. The van der Waals surface area contributed by atoms with Crippen LogP contribution in [0.1, 0.15) is 5.82 Å². The quantitative estimate of drug-likeness (QED) is 0.420. The number of hydrogen-bond donors (Lipinski definition) is 3. The first-order chi connectivity index (χ1) is 6.79. The van der Waals surface area contributed by atoms with Crippen molar-refractivity contribution >= 4 is 7.82 Å². The average molecular weight is 241 g/mol. The summed E-state index contributed by atoms with van der Waals surface area (Å²) in [6.45, 7) is 1.90. The number of rotatable bonds is 2. The third kappa shape index (κ3) is 6.08. The minimum absolute atomic E-state index is 0.894. The summed E-state index contributed by atoms with van der Waals surface area (Å²) < 4.78 is 12.1. The molecule has 88 valence electrons. The van der Waals surface area contributed by atoms with E-state index in [1.807, 2.05) is 6.92 Å². The van der Waals surface area contributed by atoms with Gasteiger partial charge in [-0.25, -0.2) is 4.57 Å². The van der Waals surface area contributed by atoms with Crippen LogP contribution >= 0.6 is 7.82 Å². The molecule has 0 atom stereocenters. The zero-order chi connectivity index (χ0) is 12.1. The molecule has 0 aliphatic rings. The summed E-state index contributed by atoms with van der Waals surface area (Å²) in [5, 5.41) is 0. The van der Waals surface area contributed by atoms with Gasteiger partial charge in [-0.3, -0.25) is 0 Å². The number of phosphoric acid groups is 1. The second-order valence-electron chi connectivity index (χ2n) is 2.38. The van der Waals surface area contributed by atoms with Crippen molar-refractivity contribution in [2.45, 2.75) is 6.92 Å². The maximum absolute atomic E-state index is 8.88. The lowest BCUT2D eigenvalue weighted by molar-refractivity contribution is -0.889. The van der Waals surface area contributed by atoms with Gasteiger partial charge in [0.15, 0.2) is 12.4 Å². The Morgan fingerprint density at radius 1 is 1.40 bits per heavy atom. The Morgan fingerprint density at radius 2 is 1.87 bits per heavy atom. The summed E-state index contributed by atoms with van der Waals surface area (Å²) in [5.74, 6) is 0.894. The van der Waals surface area contributed by atoms with Gasteiger partial charge >= 0.3 is 13.6 Å². The Balaban J connectivity index is 0.000000336. The number of nitrogens with zero attached hydrogens (tertiary/aromatic N) is 2. The van der Waals surface area contributed by atoms with Crippen LogP contribution in [0.25, 0.3) is 0 Å². The van der Waals surface area contributed by atoms with Crippen LogP contribution in [0.4, 0.5) is 0 Å². The fourth-order valence-corrected chi connectivity index (χ4v) is 0.820. The van der Waals surface area contributed by atoms with Crippen molar-refractivity contribution in [3.63, 3.8) is 0 Å². The molecule has 1 heterocycles. The van der Waals surface area contributed by atoms with Gasteiger partial charge in [0, 0.05) is 6.92 Å². The van der Waals surface area contributed by atoms with Gasteiger partial charge in [-0.15, -0.1) is 0 Å². The second-order valence-corrected chi connectivity index (χ2v) is 3.40. The van der Waals surface area contributed by atoms with Crippen LogP contribution in [0.3, 0.4) is 0 Å². The van der Waals surface area contributed by atoms with Crippen molar-refractivity contribution in [1.82, 2.24) is 4.73 Å². The predicted molar refractivity (Wildman–Crippen MR) is 48.6 cm³/mol. The Hall–Kier alpha value is -1.08. The van der Waals surface area contributed by atoms with E-state index in [1.54, 1.807) is 36.1 Å². The van der Waals surface area contributed by atoms with Gasteiger partial charge in [0.1, 0.15) is 14.2 Å². The van der Waals surface area contributed by atoms with Gasteiger partial charge in [-0.05, 0) is 9.46 Å². The van der Waals surface area contributed by atoms with Crippen molar-refractivity contribution < 1.29 is 33.7 Å². The molecule has 1 aromatic heterocycles. The molecule has 0 aliphatic carbocycles. The molecule has 0 radical (unpaired) electrons. The fourth-order valence-electron chi connectivity index (χ4n) is 0.820. The van der Waals surface area contributed by atoms with Crippen LogP contribution in [0.5, 0.6) is 0 Å². The van der Waals surface area contributed by atoms with Crippen LogP contribution in [0.15, 0.2) is 12.4 Å². The first kappa shape index (κ1) is 13.9. The normalized spacial score (nSPS) is 10.3. The molecule has 0 aromatic carbocycles. The zero-order valence-corrected chi connectivity index (χ0v) is 9.46. The summed E-state index contributed by atoms with van der Waals surface area (Å²) in [6, 6.07) is 0. The highest BCUT2D eigenvalue weighted by Gasteiger charge is 2.11. The molecule has 0 spiro atoms. The van der Waals surface area contributed by atoms with Crippen LogP contribution < -0.4 is 14.4 Å². The van der Waals surface area contributed by atoms with Crippen molar-refractivity contribution in [1.29, 1.82) is 0 Å². The van der Waals surface area contributed by atoms with Crippen molar-refractivity contribution in [2.24, 2.45) is 0 Å². The monoisotopic (exact) mass is 241 g/mol. The van der Waals surface area contributed by atoms with Gasteiger partial charge in [0.05, 0.1) is 0 Å². The van der Waals surface area contributed by atoms with E-state index in [9.17, 15) is 0 Å². The van der Waals surface area contributed by atoms with E-state index < -0.39 is 7.82 Å². The van der Waals surface area contributed by atoms with E-state index in [0.29, 0.717) is 0 Å². The van der Waals surface area contributed by atoms with Crippen LogP contribution in [0.2, 0.25) is 0 Å². The smallest absolute Gasteiger partial charge is 0.339 e. The van der Waals surface area contributed by atoms with E-state index in [1.165, 1.54) is 0 Å². The Bertz CT molecular complexity index is 316. The average Bonchev–Trinajstić information content (AvgIpc) is 2.43. The first-order valence-corrected chi connectivity index (χ1v) is 5.33. The molecule has 0 saturated heterocycles. The SMILES string of the molecule is COn1cc[n+](OC)c1C.O=P(O)(O)O. The van der Waals surface area contributed by atoms with E-state index in [-0.39, 0.29) is 0 Å². The highest BCUT2D eigenvalue weighted by atomic mass is 31.2. The molecule has 0 saturated carbocycles. The Kier molecular flexibility index (Phi) is 5.31.